The third kappa shape index (κ3) is 4.66. The number of unbranched alkanes of at least 4 members (excludes halogenated alkanes) is 1. The minimum absolute atomic E-state index is 0.133. The van der Waals surface area contributed by atoms with Gasteiger partial charge in [-0.1, -0.05) is 19.4 Å². The SMILES string of the molecule is CCCCNC(=O)C(C)Oc1cccc(N)c1C(=O)OC. The molecule has 1 amide bonds. The molecular formula is C15H22N2O4. The van der Waals surface area contributed by atoms with Crippen molar-refractivity contribution in [3.63, 3.8) is 0 Å². The first-order valence-corrected chi connectivity index (χ1v) is 6.92. The number of ether oxygens (including phenoxy) is 2. The molecule has 0 saturated heterocycles. The largest absolute Gasteiger partial charge is 0.480 e. The van der Waals surface area contributed by atoms with E-state index in [0.29, 0.717) is 6.54 Å². The highest BCUT2D eigenvalue weighted by Crippen LogP contribution is 2.26. The van der Waals surface area contributed by atoms with Gasteiger partial charge in [0, 0.05) is 12.2 Å². The van der Waals surface area contributed by atoms with Gasteiger partial charge in [-0.3, -0.25) is 4.79 Å². The van der Waals surface area contributed by atoms with Crippen LogP contribution in [0.1, 0.15) is 37.0 Å². The van der Waals surface area contributed by atoms with E-state index in [4.69, 9.17) is 10.5 Å². The van der Waals surface area contributed by atoms with Gasteiger partial charge in [-0.05, 0) is 25.5 Å². The zero-order valence-corrected chi connectivity index (χ0v) is 12.6. The van der Waals surface area contributed by atoms with Crippen molar-refractivity contribution < 1.29 is 19.1 Å². The van der Waals surface area contributed by atoms with Crippen molar-refractivity contribution in [2.24, 2.45) is 0 Å². The standard InChI is InChI=1S/C15H22N2O4/c1-4-5-9-17-14(18)10(2)21-12-8-6-7-11(16)13(12)15(19)20-3/h6-8,10H,4-5,9,16H2,1-3H3,(H,17,18). The van der Waals surface area contributed by atoms with Gasteiger partial charge in [0.05, 0.1) is 7.11 Å². The molecule has 0 fully saturated rings. The van der Waals surface area contributed by atoms with E-state index >= 15 is 0 Å². The van der Waals surface area contributed by atoms with Gasteiger partial charge < -0.3 is 20.5 Å². The molecule has 21 heavy (non-hydrogen) atoms. The van der Waals surface area contributed by atoms with Crippen LogP contribution in [0.4, 0.5) is 5.69 Å². The molecule has 0 aliphatic rings. The molecule has 116 valence electrons. The zero-order chi connectivity index (χ0) is 15.8. The van der Waals surface area contributed by atoms with Gasteiger partial charge >= 0.3 is 5.97 Å². The van der Waals surface area contributed by atoms with E-state index in [1.807, 2.05) is 6.92 Å². The quantitative estimate of drug-likeness (QED) is 0.454. The molecular weight excluding hydrogens is 272 g/mol. The summed E-state index contributed by atoms with van der Waals surface area (Å²) in [4.78, 5) is 23.6. The normalized spacial score (nSPS) is 11.6. The van der Waals surface area contributed by atoms with Crippen LogP contribution in [0.15, 0.2) is 18.2 Å². The van der Waals surface area contributed by atoms with Crippen LogP contribution < -0.4 is 15.8 Å². The smallest absolute Gasteiger partial charge is 0.343 e. The third-order valence-corrected chi connectivity index (χ3v) is 2.95. The summed E-state index contributed by atoms with van der Waals surface area (Å²) in [5.41, 5.74) is 6.15. The lowest BCUT2D eigenvalue weighted by atomic mass is 10.1. The first-order valence-electron chi connectivity index (χ1n) is 6.92. The highest BCUT2D eigenvalue weighted by Gasteiger charge is 2.21. The number of anilines is 1. The molecule has 1 aromatic rings. The molecule has 1 rings (SSSR count). The predicted octanol–water partition coefficient (Wildman–Crippen LogP) is 1.74. The first kappa shape index (κ1) is 16.8. The fourth-order valence-electron chi connectivity index (χ4n) is 1.74. The van der Waals surface area contributed by atoms with Crippen LogP contribution >= 0.6 is 0 Å². The van der Waals surface area contributed by atoms with Crippen LogP contribution in [0.2, 0.25) is 0 Å². The summed E-state index contributed by atoms with van der Waals surface area (Å²) in [6.07, 6.45) is 1.17. The lowest BCUT2D eigenvalue weighted by Gasteiger charge is -2.17. The summed E-state index contributed by atoms with van der Waals surface area (Å²) in [5, 5.41) is 2.77. The fourth-order valence-corrected chi connectivity index (χ4v) is 1.74. The Kier molecular flexibility index (Phi) is 6.52. The monoisotopic (exact) mass is 294 g/mol. The van der Waals surface area contributed by atoms with Crippen molar-refractivity contribution in [2.75, 3.05) is 19.4 Å². The minimum Gasteiger partial charge on any atom is -0.480 e. The summed E-state index contributed by atoms with van der Waals surface area (Å²) < 4.78 is 10.2. The molecule has 3 N–H and O–H groups in total. The maximum atomic E-state index is 11.9. The van der Waals surface area contributed by atoms with Gasteiger partial charge in [-0.25, -0.2) is 4.79 Å². The highest BCUT2D eigenvalue weighted by atomic mass is 16.5. The number of esters is 1. The average molecular weight is 294 g/mol. The van der Waals surface area contributed by atoms with Crippen LogP contribution in [-0.2, 0) is 9.53 Å². The topological polar surface area (TPSA) is 90.6 Å². The van der Waals surface area contributed by atoms with Gasteiger partial charge in [-0.2, -0.15) is 0 Å². The molecule has 0 aliphatic carbocycles. The molecule has 1 atom stereocenters. The molecule has 0 saturated carbocycles. The number of hydrogen-bond acceptors (Lipinski definition) is 5. The Hall–Kier alpha value is -2.24. The van der Waals surface area contributed by atoms with Crippen molar-refractivity contribution in [2.45, 2.75) is 32.8 Å². The van der Waals surface area contributed by atoms with E-state index in [9.17, 15) is 9.59 Å². The van der Waals surface area contributed by atoms with Crippen LogP contribution in [0.25, 0.3) is 0 Å². The lowest BCUT2D eigenvalue weighted by molar-refractivity contribution is -0.127. The first-order chi connectivity index (χ1) is 10.0. The minimum atomic E-state index is -0.730. The molecule has 6 nitrogen and oxygen atoms in total. The molecule has 0 aliphatic heterocycles. The van der Waals surface area contributed by atoms with Crippen LogP contribution in [0, 0.1) is 0 Å². The maximum absolute atomic E-state index is 11.9. The fraction of sp³-hybridized carbons (Fsp3) is 0.467. The molecule has 0 radical (unpaired) electrons. The lowest BCUT2D eigenvalue weighted by Crippen LogP contribution is -2.37. The molecule has 1 aromatic carbocycles. The Morgan fingerprint density at radius 2 is 2.10 bits per heavy atom. The van der Waals surface area contributed by atoms with Crippen molar-refractivity contribution in [1.29, 1.82) is 0 Å². The number of amides is 1. The maximum Gasteiger partial charge on any atom is 0.343 e. The summed E-state index contributed by atoms with van der Waals surface area (Å²) in [5.74, 6) is -0.594. The number of carbonyl (C=O) groups excluding carboxylic acids is 2. The second kappa shape index (κ2) is 8.14. The second-order valence-corrected chi connectivity index (χ2v) is 4.62. The Morgan fingerprint density at radius 3 is 2.71 bits per heavy atom. The van der Waals surface area contributed by atoms with Gasteiger partial charge in [0.2, 0.25) is 0 Å². The number of nitrogens with two attached hydrogens (primary N) is 1. The second-order valence-electron chi connectivity index (χ2n) is 4.62. The summed E-state index contributed by atoms with van der Waals surface area (Å²) in [6.45, 7) is 4.26. The Morgan fingerprint density at radius 1 is 1.38 bits per heavy atom. The number of nitrogens with one attached hydrogen (secondary N) is 1. The van der Waals surface area contributed by atoms with Gasteiger partial charge in [0.15, 0.2) is 6.10 Å². The zero-order valence-electron chi connectivity index (χ0n) is 12.6. The van der Waals surface area contributed by atoms with E-state index in [1.54, 1.807) is 25.1 Å². The van der Waals surface area contributed by atoms with Crippen LogP contribution in [0.3, 0.4) is 0 Å². The number of hydrogen-bond donors (Lipinski definition) is 2. The van der Waals surface area contributed by atoms with E-state index in [0.717, 1.165) is 12.8 Å². The average Bonchev–Trinajstić information content (AvgIpc) is 2.46. The Bertz CT molecular complexity index is 502. The van der Waals surface area contributed by atoms with Crippen molar-refractivity contribution in [3.05, 3.63) is 23.8 Å². The summed E-state index contributed by atoms with van der Waals surface area (Å²) in [6, 6.07) is 4.81. The molecule has 0 aromatic heterocycles. The van der Waals surface area contributed by atoms with Crippen molar-refractivity contribution >= 4 is 17.6 Å². The van der Waals surface area contributed by atoms with E-state index in [1.165, 1.54) is 7.11 Å². The molecule has 0 heterocycles. The van der Waals surface area contributed by atoms with Gasteiger partial charge in [0.1, 0.15) is 11.3 Å². The number of benzene rings is 1. The Labute approximate surface area is 124 Å². The van der Waals surface area contributed by atoms with Gasteiger partial charge in [0.25, 0.3) is 5.91 Å². The molecule has 6 heteroatoms. The van der Waals surface area contributed by atoms with E-state index < -0.39 is 12.1 Å². The Balaban J connectivity index is 2.80. The third-order valence-electron chi connectivity index (χ3n) is 2.95. The van der Waals surface area contributed by atoms with Crippen LogP contribution in [-0.4, -0.2) is 31.6 Å². The predicted molar refractivity (Wildman–Crippen MR) is 80.2 cm³/mol. The van der Waals surface area contributed by atoms with Gasteiger partial charge in [-0.15, -0.1) is 0 Å². The number of rotatable bonds is 7. The van der Waals surface area contributed by atoms with Crippen molar-refractivity contribution in [3.8, 4) is 5.75 Å². The number of methoxy groups -OCH3 is 1. The molecule has 1 unspecified atom stereocenters. The van der Waals surface area contributed by atoms with Crippen LogP contribution in [0.5, 0.6) is 5.75 Å². The summed E-state index contributed by atoms with van der Waals surface area (Å²) >= 11 is 0. The number of carbonyl (C=O) groups is 2. The molecule has 0 spiro atoms. The highest BCUT2D eigenvalue weighted by molar-refractivity contribution is 5.98. The van der Waals surface area contributed by atoms with E-state index in [2.05, 4.69) is 10.1 Å². The number of nitrogen functional groups attached to an aromatic ring is 1. The van der Waals surface area contributed by atoms with Crippen molar-refractivity contribution in [1.82, 2.24) is 5.32 Å². The molecule has 0 bridgehead atoms. The summed E-state index contributed by atoms with van der Waals surface area (Å²) in [7, 11) is 1.26. The van der Waals surface area contributed by atoms with E-state index in [-0.39, 0.29) is 22.9 Å².